The molecule has 31 heavy (non-hydrogen) atoms. The van der Waals surface area contributed by atoms with Crippen molar-refractivity contribution in [1.82, 2.24) is 9.62 Å². The summed E-state index contributed by atoms with van der Waals surface area (Å²) in [5.41, 5.74) is 1.28. The van der Waals surface area contributed by atoms with Crippen LogP contribution in [0, 0.1) is 18.7 Å². The summed E-state index contributed by atoms with van der Waals surface area (Å²) in [5, 5.41) is 5.22. The van der Waals surface area contributed by atoms with Crippen molar-refractivity contribution in [2.75, 3.05) is 18.4 Å². The fourth-order valence-electron chi connectivity index (χ4n) is 3.43. The van der Waals surface area contributed by atoms with E-state index in [2.05, 4.69) is 10.6 Å². The number of sulfonamides is 1. The van der Waals surface area contributed by atoms with E-state index >= 15 is 0 Å². The van der Waals surface area contributed by atoms with Crippen molar-refractivity contribution in [3.05, 3.63) is 59.9 Å². The number of aryl methyl sites for hydroxylation is 1. The Kier molecular flexibility index (Phi) is 7.07. The van der Waals surface area contributed by atoms with E-state index in [0.717, 1.165) is 5.56 Å². The zero-order valence-electron chi connectivity index (χ0n) is 17.5. The third-order valence-corrected chi connectivity index (χ3v) is 7.24. The minimum atomic E-state index is -3.60. The number of piperidine rings is 1. The summed E-state index contributed by atoms with van der Waals surface area (Å²) in [7, 11) is -3.60. The minimum Gasteiger partial charge on any atom is -0.344 e. The number of halogens is 1. The molecule has 2 aromatic carbocycles. The van der Waals surface area contributed by atoms with Crippen LogP contribution in [0.4, 0.5) is 10.1 Å². The smallest absolute Gasteiger partial charge is 0.246 e. The number of nitrogens with zero attached hydrogens (tertiary/aromatic N) is 1. The number of carbonyl (C=O) groups excluding carboxylic acids is 2. The maximum atomic E-state index is 13.2. The van der Waals surface area contributed by atoms with Gasteiger partial charge in [0.15, 0.2) is 0 Å². The first kappa shape index (κ1) is 22.9. The average molecular weight is 448 g/mol. The van der Waals surface area contributed by atoms with Crippen LogP contribution in [0.1, 0.15) is 25.3 Å². The Morgan fingerprint density at radius 2 is 1.74 bits per heavy atom. The molecule has 0 saturated carbocycles. The van der Waals surface area contributed by atoms with E-state index in [-0.39, 0.29) is 29.8 Å². The molecule has 0 bridgehead atoms. The van der Waals surface area contributed by atoms with Crippen molar-refractivity contribution < 1.29 is 22.4 Å². The van der Waals surface area contributed by atoms with Crippen molar-refractivity contribution in [2.24, 2.45) is 5.92 Å². The normalized spacial score (nSPS) is 16.5. The highest BCUT2D eigenvalue weighted by molar-refractivity contribution is 7.89. The molecule has 166 valence electrons. The zero-order valence-corrected chi connectivity index (χ0v) is 18.3. The lowest BCUT2D eigenvalue weighted by atomic mass is 9.97. The average Bonchev–Trinajstić information content (AvgIpc) is 2.74. The van der Waals surface area contributed by atoms with Gasteiger partial charge in [0.25, 0.3) is 0 Å². The van der Waals surface area contributed by atoms with Crippen molar-refractivity contribution in [1.29, 1.82) is 0 Å². The van der Waals surface area contributed by atoms with E-state index in [1.54, 1.807) is 37.3 Å². The molecule has 2 amide bonds. The van der Waals surface area contributed by atoms with Gasteiger partial charge in [-0.15, -0.1) is 0 Å². The lowest BCUT2D eigenvalue weighted by Crippen LogP contribution is -2.47. The molecule has 9 heteroatoms. The molecule has 0 radical (unpaired) electrons. The van der Waals surface area contributed by atoms with Crippen molar-refractivity contribution in [3.63, 3.8) is 0 Å². The van der Waals surface area contributed by atoms with Crippen LogP contribution in [0.2, 0.25) is 0 Å². The molecule has 1 saturated heterocycles. The number of anilines is 1. The van der Waals surface area contributed by atoms with Gasteiger partial charge < -0.3 is 10.6 Å². The first-order valence-corrected chi connectivity index (χ1v) is 11.5. The van der Waals surface area contributed by atoms with Crippen molar-refractivity contribution in [2.45, 2.75) is 37.6 Å². The molecule has 0 spiro atoms. The summed E-state index contributed by atoms with van der Waals surface area (Å²) in [6, 6.07) is 11.4. The topological polar surface area (TPSA) is 95.6 Å². The molecule has 1 aliphatic heterocycles. The molecule has 1 aliphatic rings. The molecular formula is C22H26FN3O4S. The minimum absolute atomic E-state index is 0.234. The Morgan fingerprint density at radius 1 is 1.10 bits per heavy atom. The van der Waals surface area contributed by atoms with E-state index < -0.39 is 27.8 Å². The van der Waals surface area contributed by atoms with Crippen LogP contribution in [0.5, 0.6) is 0 Å². The van der Waals surface area contributed by atoms with E-state index in [4.69, 9.17) is 0 Å². The number of hydrogen-bond donors (Lipinski definition) is 2. The number of carbonyl (C=O) groups is 2. The van der Waals surface area contributed by atoms with Gasteiger partial charge in [0.05, 0.1) is 4.90 Å². The van der Waals surface area contributed by atoms with E-state index in [9.17, 15) is 22.4 Å². The number of benzene rings is 2. The predicted molar refractivity (Wildman–Crippen MR) is 115 cm³/mol. The lowest BCUT2D eigenvalue weighted by molar-refractivity contribution is -0.129. The Bertz CT molecular complexity index is 1050. The fourth-order valence-corrected chi connectivity index (χ4v) is 4.90. The number of nitrogens with one attached hydrogen (secondary N) is 2. The van der Waals surface area contributed by atoms with Gasteiger partial charge in [-0.3, -0.25) is 9.59 Å². The van der Waals surface area contributed by atoms with Gasteiger partial charge in [-0.2, -0.15) is 4.31 Å². The molecule has 7 nitrogen and oxygen atoms in total. The van der Waals surface area contributed by atoms with Crippen LogP contribution in [0.25, 0.3) is 0 Å². The summed E-state index contributed by atoms with van der Waals surface area (Å²) in [5.74, 6) is -1.61. The monoisotopic (exact) mass is 447 g/mol. The van der Waals surface area contributed by atoms with Crippen molar-refractivity contribution in [3.8, 4) is 0 Å². The summed E-state index contributed by atoms with van der Waals surface area (Å²) < 4.78 is 40.2. The van der Waals surface area contributed by atoms with Gasteiger partial charge in [0, 0.05) is 24.7 Å². The van der Waals surface area contributed by atoms with E-state index in [1.807, 2.05) is 6.92 Å². The fraction of sp³-hybridized carbons (Fsp3) is 0.364. The van der Waals surface area contributed by atoms with Crippen LogP contribution < -0.4 is 10.6 Å². The number of rotatable bonds is 6. The van der Waals surface area contributed by atoms with Crippen LogP contribution in [0.3, 0.4) is 0 Å². The molecule has 0 aliphatic carbocycles. The largest absolute Gasteiger partial charge is 0.344 e. The Hall–Kier alpha value is -2.78. The summed E-state index contributed by atoms with van der Waals surface area (Å²) in [6.07, 6.45) is 0.740. The summed E-state index contributed by atoms with van der Waals surface area (Å²) in [6.45, 7) is 3.90. The van der Waals surface area contributed by atoms with Crippen LogP contribution >= 0.6 is 0 Å². The SMILES string of the molecule is Cc1ccc(S(=O)(=O)N2CCC(C(=O)NC(C)C(=O)Nc3cccc(F)c3)CC2)cc1. The molecule has 3 rings (SSSR count). The highest BCUT2D eigenvalue weighted by atomic mass is 32.2. The van der Waals surface area contributed by atoms with Gasteiger partial charge in [-0.25, -0.2) is 12.8 Å². The van der Waals surface area contributed by atoms with Crippen LogP contribution in [-0.2, 0) is 19.6 Å². The third kappa shape index (κ3) is 5.68. The molecule has 1 heterocycles. The summed E-state index contributed by atoms with van der Waals surface area (Å²) >= 11 is 0. The Morgan fingerprint density at radius 3 is 2.35 bits per heavy atom. The highest BCUT2D eigenvalue weighted by Gasteiger charge is 2.32. The summed E-state index contributed by atoms with van der Waals surface area (Å²) in [4.78, 5) is 25.1. The second-order valence-electron chi connectivity index (χ2n) is 7.72. The highest BCUT2D eigenvalue weighted by Crippen LogP contribution is 2.24. The second kappa shape index (κ2) is 9.57. The number of hydrogen-bond acceptors (Lipinski definition) is 4. The Labute approximate surface area is 181 Å². The first-order chi connectivity index (χ1) is 14.7. The van der Waals surface area contributed by atoms with Gasteiger partial charge in [0.2, 0.25) is 21.8 Å². The molecule has 0 aromatic heterocycles. The van der Waals surface area contributed by atoms with Gasteiger partial charge >= 0.3 is 0 Å². The molecular weight excluding hydrogens is 421 g/mol. The maximum Gasteiger partial charge on any atom is 0.246 e. The molecule has 1 fully saturated rings. The predicted octanol–water partition coefficient (Wildman–Crippen LogP) is 2.68. The molecule has 1 unspecified atom stereocenters. The van der Waals surface area contributed by atoms with Gasteiger partial charge in [0.1, 0.15) is 11.9 Å². The standard InChI is InChI=1S/C22H26FN3O4S/c1-15-6-8-20(9-7-15)31(29,30)26-12-10-17(11-13-26)22(28)24-16(2)21(27)25-19-5-3-4-18(23)14-19/h3-9,14,16-17H,10-13H2,1-2H3,(H,24,28)(H,25,27). The number of amides is 2. The van der Waals surface area contributed by atoms with E-state index in [0.29, 0.717) is 18.5 Å². The third-order valence-electron chi connectivity index (χ3n) is 5.33. The van der Waals surface area contributed by atoms with E-state index in [1.165, 1.54) is 22.5 Å². The molecule has 1 atom stereocenters. The zero-order chi connectivity index (χ0) is 22.6. The van der Waals surface area contributed by atoms with Crippen molar-refractivity contribution >= 4 is 27.5 Å². The first-order valence-electron chi connectivity index (χ1n) is 10.1. The van der Waals surface area contributed by atoms with Crippen LogP contribution in [-0.4, -0.2) is 43.7 Å². The Balaban J connectivity index is 1.52. The van der Waals surface area contributed by atoms with Gasteiger partial charge in [-0.05, 0) is 57.0 Å². The molecule has 2 N–H and O–H groups in total. The molecule has 2 aromatic rings. The lowest BCUT2D eigenvalue weighted by Gasteiger charge is -2.31. The second-order valence-corrected chi connectivity index (χ2v) is 9.66. The van der Waals surface area contributed by atoms with Crippen LogP contribution in [0.15, 0.2) is 53.4 Å². The quantitative estimate of drug-likeness (QED) is 0.712. The maximum absolute atomic E-state index is 13.2. The van der Waals surface area contributed by atoms with Gasteiger partial charge in [-0.1, -0.05) is 23.8 Å².